The summed E-state index contributed by atoms with van der Waals surface area (Å²) in [5, 5.41) is 9.97. The highest BCUT2D eigenvalue weighted by atomic mass is 16.5. The highest BCUT2D eigenvalue weighted by molar-refractivity contribution is 6.04. The molecular weight excluding hydrogens is 338 g/mol. The molecule has 0 aliphatic carbocycles. The molecule has 2 N–H and O–H groups in total. The van der Waals surface area contributed by atoms with E-state index in [2.05, 4.69) is 4.98 Å². The predicted octanol–water partition coefficient (Wildman–Crippen LogP) is 2.86. The number of ketones is 1. The van der Waals surface area contributed by atoms with Crippen molar-refractivity contribution in [2.75, 3.05) is 7.11 Å². The molecule has 0 fully saturated rings. The summed E-state index contributed by atoms with van der Waals surface area (Å²) < 4.78 is 9.91. The molecule has 2 aromatic rings. The first kappa shape index (κ1) is 19.2. The number of ether oxygens (including phenoxy) is 2. The topological polar surface area (TPSA) is 106 Å². The van der Waals surface area contributed by atoms with Crippen LogP contribution in [0.15, 0.2) is 18.2 Å². The Morgan fingerprint density at radius 2 is 1.77 bits per heavy atom. The number of hydrogen-bond donors (Lipinski definition) is 2. The molecule has 0 amide bonds. The smallest absolute Gasteiger partial charge is 0.342 e. The number of H-pyrrole nitrogens is 1. The van der Waals surface area contributed by atoms with Crippen LogP contribution in [-0.4, -0.2) is 41.0 Å². The summed E-state index contributed by atoms with van der Waals surface area (Å²) in [6.07, 6.45) is -1.11. The van der Waals surface area contributed by atoms with Crippen molar-refractivity contribution in [2.24, 2.45) is 0 Å². The quantitative estimate of drug-likeness (QED) is 0.628. The highest BCUT2D eigenvalue weighted by Gasteiger charge is 2.28. The molecule has 1 atom stereocenters. The number of aromatic hydroxyl groups is 1. The van der Waals surface area contributed by atoms with Gasteiger partial charge in [0, 0.05) is 5.69 Å². The number of aromatic nitrogens is 1. The Kier molecular flexibility index (Phi) is 5.50. The van der Waals surface area contributed by atoms with Crippen LogP contribution in [0.3, 0.4) is 0 Å². The van der Waals surface area contributed by atoms with E-state index >= 15 is 0 Å². The summed E-state index contributed by atoms with van der Waals surface area (Å²) in [6, 6.07) is 4.68. The number of aromatic amines is 1. The number of hydrogen-bond acceptors (Lipinski definition) is 6. The van der Waals surface area contributed by atoms with E-state index in [9.17, 15) is 19.5 Å². The molecule has 0 spiro atoms. The number of carbonyl (C=O) groups is 3. The van der Waals surface area contributed by atoms with Gasteiger partial charge in [-0.15, -0.1) is 0 Å². The molecule has 1 aromatic heterocycles. The molecule has 2 rings (SSSR count). The largest absolute Gasteiger partial charge is 0.507 e. The number of esters is 2. The fourth-order valence-corrected chi connectivity index (χ4v) is 2.71. The maximum atomic E-state index is 12.6. The van der Waals surface area contributed by atoms with Crippen molar-refractivity contribution in [2.45, 2.75) is 33.8 Å². The Morgan fingerprint density at radius 1 is 1.12 bits per heavy atom. The van der Waals surface area contributed by atoms with Gasteiger partial charge in [-0.1, -0.05) is 12.1 Å². The molecule has 1 heterocycles. The third-order valence-corrected chi connectivity index (χ3v) is 4.18. The average molecular weight is 359 g/mol. The average Bonchev–Trinajstić information content (AvgIpc) is 2.90. The van der Waals surface area contributed by atoms with Gasteiger partial charge in [0.2, 0.25) is 5.78 Å². The van der Waals surface area contributed by atoms with E-state index in [1.54, 1.807) is 32.9 Å². The van der Waals surface area contributed by atoms with Crippen LogP contribution >= 0.6 is 0 Å². The number of methoxy groups -OCH3 is 1. The Bertz CT molecular complexity index is 880. The maximum Gasteiger partial charge on any atom is 0.342 e. The second-order valence-electron chi connectivity index (χ2n) is 6.00. The van der Waals surface area contributed by atoms with Crippen molar-refractivity contribution in [1.82, 2.24) is 4.98 Å². The zero-order chi connectivity index (χ0) is 19.6. The highest BCUT2D eigenvalue weighted by Crippen LogP contribution is 2.24. The number of benzene rings is 1. The minimum Gasteiger partial charge on any atom is -0.507 e. The van der Waals surface area contributed by atoms with E-state index < -0.39 is 23.8 Å². The molecular formula is C19H21NO6. The molecule has 0 saturated carbocycles. The van der Waals surface area contributed by atoms with Crippen LogP contribution in [-0.2, 0) is 9.47 Å². The SMILES string of the molecule is COC(=O)c1c(C)[nH]c(C(=O)C(C)OC(=O)c2cccc(C)c2O)c1C. The van der Waals surface area contributed by atoms with Gasteiger partial charge in [0.1, 0.15) is 11.3 Å². The lowest BCUT2D eigenvalue weighted by atomic mass is 10.1. The summed E-state index contributed by atoms with van der Waals surface area (Å²) in [5.74, 6) is -2.02. The van der Waals surface area contributed by atoms with Crippen LogP contribution in [0, 0.1) is 20.8 Å². The summed E-state index contributed by atoms with van der Waals surface area (Å²) in [4.78, 5) is 39.6. The number of rotatable bonds is 5. The van der Waals surface area contributed by atoms with E-state index in [1.807, 2.05) is 0 Å². The molecule has 1 unspecified atom stereocenters. The third-order valence-electron chi connectivity index (χ3n) is 4.18. The van der Waals surface area contributed by atoms with Crippen LogP contribution < -0.4 is 0 Å². The van der Waals surface area contributed by atoms with Crippen LogP contribution in [0.4, 0.5) is 0 Å². The zero-order valence-electron chi connectivity index (χ0n) is 15.3. The van der Waals surface area contributed by atoms with Gasteiger partial charge in [0.05, 0.1) is 18.4 Å². The Hall–Kier alpha value is -3.09. The van der Waals surface area contributed by atoms with Crippen LogP contribution in [0.2, 0.25) is 0 Å². The third kappa shape index (κ3) is 3.46. The summed E-state index contributed by atoms with van der Waals surface area (Å²) in [6.45, 7) is 6.35. The van der Waals surface area contributed by atoms with Crippen molar-refractivity contribution in [3.8, 4) is 5.75 Å². The van der Waals surface area contributed by atoms with Gasteiger partial charge in [-0.25, -0.2) is 9.59 Å². The van der Waals surface area contributed by atoms with E-state index in [1.165, 1.54) is 20.1 Å². The van der Waals surface area contributed by atoms with Crippen molar-refractivity contribution in [3.05, 3.63) is 51.8 Å². The first-order chi connectivity index (χ1) is 12.2. The second-order valence-corrected chi connectivity index (χ2v) is 6.00. The zero-order valence-corrected chi connectivity index (χ0v) is 15.3. The Labute approximate surface area is 150 Å². The monoisotopic (exact) mass is 359 g/mol. The standard InChI is InChI=1S/C19H21NO6/c1-9-7-6-8-13(16(9)21)18(23)26-12(4)17(22)15-10(2)14(11(3)20-15)19(24)25-5/h6-8,12,20-21H,1-5H3. The molecule has 0 bridgehead atoms. The lowest BCUT2D eigenvalue weighted by Gasteiger charge is -2.13. The molecule has 7 heteroatoms. The molecule has 0 radical (unpaired) electrons. The van der Waals surface area contributed by atoms with Crippen molar-refractivity contribution >= 4 is 17.7 Å². The van der Waals surface area contributed by atoms with Crippen molar-refractivity contribution < 1.29 is 29.0 Å². The first-order valence-electron chi connectivity index (χ1n) is 8.00. The fourth-order valence-electron chi connectivity index (χ4n) is 2.71. The number of para-hydroxylation sites is 1. The van der Waals surface area contributed by atoms with Crippen LogP contribution in [0.5, 0.6) is 5.75 Å². The second kappa shape index (κ2) is 7.43. The number of Topliss-reactive ketones (excluding diaryl/α,β-unsaturated/α-hetero) is 1. The molecule has 26 heavy (non-hydrogen) atoms. The van der Waals surface area contributed by atoms with Crippen molar-refractivity contribution in [1.29, 1.82) is 0 Å². The maximum absolute atomic E-state index is 12.6. The molecule has 0 aliphatic rings. The van der Waals surface area contributed by atoms with Crippen LogP contribution in [0.25, 0.3) is 0 Å². The number of aryl methyl sites for hydroxylation is 2. The van der Waals surface area contributed by atoms with Gasteiger partial charge in [0.25, 0.3) is 0 Å². The van der Waals surface area contributed by atoms with Gasteiger partial charge >= 0.3 is 11.9 Å². The van der Waals surface area contributed by atoms with Gasteiger partial charge in [-0.05, 0) is 44.9 Å². The molecule has 0 aliphatic heterocycles. The summed E-state index contributed by atoms with van der Waals surface area (Å²) >= 11 is 0. The predicted molar refractivity (Wildman–Crippen MR) is 93.7 cm³/mol. The lowest BCUT2D eigenvalue weighted by molar-refractivity contribution is 0.0314. The normalized spacial score (nSPS) is 11.7. The summed E-state index contributed by atoms with van der Waals surface area (Å²) in [7, 11) is 1.26. The molecule has 0 saturated heterocycles. The fraction of sp³-hybridized carbons (Fsp3) is 0.316. The van der Waals surface area contributed by atoms with E-state index in [0.29, 0.717) is 16.8 Å². The number of phenols is 1. The van der Waals surface area contributed by atoms with Gasteiger partial charge in [-0.3, -0.25) is 4.79 Å². The van der Waals surface area contributed by atoms with Crippen molar-refractivity contribution in [3.63, 3.8) is 0 Å². The molecule has 138 valence electrons. The lowest BCUT2D eigenvalue weighted by Crippen LogP contribution is -2.25. The summed E-state index contributed by atoms with van der Waals surface area (Å²) in [5.41, 5.74) is 1.90. The number of phenolic OH excluding ortho intramolecular Hbond substituents is 1. The van der Waals surface area contributed by atoms with Gasteiger partial charge < -0.3 is 19.6 Å². The van der Waals surface area contributed by atoms with E-state index in [4.69, 9.17) is 9.47 Å². The minimum atomic E-state index is -1.11. The van der Waals surface area contributed by atoms with Crippen LogP contribution in [0.1, 0.15) is 54.9 Å². The van der Waals surface area contributed by atoms with E-state index in [0.717, 1.165) is 0 Å². The molecule has 1 aromatic carbocycles. The minimum absolute atomic E-state index is 0.0145. The Morgan fingerprint density at radius 3 is 2.38 bits per heavy atom. The first-order valence-corrected chi connectivity index (χ1v) is 8.00. The number of nitrogens with one attached hydrogen (secondary N) is 1. The number of carbonyl (C=O) groups excluding carboxylic acids is 3. The Balaban J connectivity index is 2.24. The van der Waals surface area contributed by atoms with E-state index in [-0.39, 0.29) is 22.6 Å². The van der Waals surface area contributed by atoms with Gasteiger partial charge in [0.15, 0.2) is 6.10 Å². The van der Waals surface area contributed by atoms with Gasteiger partial charge in [-0.2, -0.15) is 0 Å². The molecule has 7 nitrogen and oxygen atoms in total.